The first kappa shape index (κ1) is 11.5. The zero-order valence-corrected chi connectivity index (χ0v) is 10.5. The van der Waals surface area contributed by atoms with Gasteiger partial charge in [-0.1, -0.05) is 6.42 Å². The Balaban J connectivity index is 2.17. The van der Waals surface area contributed by atoms with E-state index in [1.54, 1.807) is 6.07 Å². The van der Waals surface area contributed by atoms with E-state index in [-0.39, 0.29) is 4.88 Å². The third-order valence-electron chi connectivity index (χ3n) is 2.65. The van der Waals surface area contributed by atoms with Gasteiger partial charge in [0.05, 0.1) is 14.7 Å². The van der Waals surface area contributed by atoms with E-state index in [1.807, 2.05) is 0 Å². The number of alkyl halides is 2. The zero-order chi connectivity index (χ0) is 10.9. The maximum Gasteiger partial charge on any atom is 0.297 e. The van der Waals surface area contributed by atoms with E-state index < -0.39 is 12.0 Å². The third kappa shape index (κ3) is 2.40. The van der Waals surface area contributed by atoms with Crippen LogP contribution >= 0.6 is 27.3 Å². The fourth-order valence-corrected chi connectivity index (χ4v) is 3.24. The monoisotopic (exact) mass is 295 g/mol. The van der Waals surface area contributed by atoms with Crippen LogP contribution in [0.2, 0.25) is 0 Å². The molecule has 1 saturated heterocycles. The molecule has 2 heterocycles. The topological polar surface area (TPSA) is 12.0 Å². The van der Waals surface area contributed by atoms with E-state index in [9.17, 15) is 8.78 Å². The first-order valence-electron chi connectivity index (χ1n) is 4.98. The molecular formula is C10H12BrF2NS. The molecule has 1 aliphatic heterocycles. The largest absolute Gasteiger partial charge is 0.308 e. The van der Waals surface area contributed by atoms with Crippen LogP contribution in [0.5, 0.6) is 0 Å². The number of nitrogens with one attached hydrogen (secondary N) is 1. The minimum absolute atomic E-state index is 0.147. The van der Waals surface area contributed by atoms with Crippen molar-refractivity contribution in [3.05, 3.63) is 20.8 Å². The van der Waals surface area contributed by atoms with Crippen LogP contribution in [-0.2, 0) is 5.92 Å². The normalized spacial score (nSPS) is 23.0. The smallest absolute Gasteiger partial charge is 0.297 e. The standard InChI is InChI=1S/C10H12BrF2NS/c11-9-5-4-8(15-9)10(12,13)7-3-1-2-6-14-7/h4-5,7,14H,1-3,6H2. The molecule has 1 unspecified atom stereocenters. The van der Waals surface area contributed by atoms with Gasteiger partial charge in [0.25, 0.3) is 5.92 Å². The molecule has 15 heavy (non-hydrogen) atoms. The van der Waals surface area contributed by atoms with Crippen molar-refractivity contribution in [2.75, 3.05) is 6.54 Å². The van der Waals surface area contributed by atoms with Crippen LogP contribution in [0.25, 0.3) is 0 Å². The number of hydrogen-bond donors (Lipinski definition) is 1. The van der Waals surface area contributed by atoms with Gasteiger partial charge < -0.3 is 5.32 Å². The van der Waals surface area contributed by atoms with Crippen LogP contribution in [0.1, 0.15) is 24.1 Å². The summed E-state index contributed by atoms with van der Waals surface area (Å²) in [5.41, 5.74) is 0. The van der Waals surface area contributed by atoms with E-state index in [4.69, 9.17) is 0 Å². The molecule has 0 amide bonds. The lowest BCUT2D eigenvalue weighted by Gasteiger charge is -2.30. The molecule has 0 bridgehead atoms. The number of thiophene rings is 1. The summed E-state index contributed by atoms with van der Waals surface area (Å²) in [5.74, 6) is -2.74. The van der Waals surface area contributed by atoms with Gasteiger partial charge in [-0.05, 0) is 47.4 Å². The molecule has 1 aromatic heterocycles. The van der Waals surface area contributed by atoms with Crippen molar-refractivity contribution in [3.8, 4) is 0 Å². The molecule has 5 heteroatoms. The maximum absolute atomic E-state index is 14.0. The number of rotatable bonds is 2. The molecule has 1 aliphatic rings. The van der Waals surface area contributed by atoms with Crippen molar-refractivity contribution in [1.82, 2.24) is 5.32 Å². The SMILES string of the molecule is FC(F)(c1ccc(Br)s1)C1CCCCN1. The van der Waals surface area contributed by atoms with Gasteiger partial charge in [0.1, 0.15) is 0 Å². The zero-order valence-electron chi connectivity index (χ0n) is 8.10. The van der Waals surface area contributed by atoms with E-state index in [0.29, 0.717) is 13.0 Å². The van der Waals surface area contributed by atoms with E-state index >= 15 is 0 Å². The Hall–Kier alpha value is -0.0000000000000000486. The summed E-state index contributed by atoms with van der Waals surface area (Å²) >= 11 is 4.33. The highest BCUT2D eigenvalue weighted by Gasteiger charge is 2.42. The van der Waals surface area contributed by atoms with Gasteiger partial charge in [-0.2, -0.15) is 8.78 Å². The molecule has 0 spiro atoms. The third-order valence-corrected chi connectivity index (χ3v) is 4.36. The van der Waals surface area contributed by atoms with Crippen molar-refractivity contribution in [1.29, 1.82) is 0 Å². The fourth-order valence-electron chi connectivity index (χ4n) is 1.83. The van der Waals surface area contributed by atoms with E-state index in [0.717, 1.165) is 28.0 Å². The van der Waals surface area contributed by atoms with Crippen molar-refractivity contribution in [3.63, 3.8) is 0 Å². The lowest BCUT2D eigenvalue weighted by Crippen LogP contribution is -2.45. The van der Waals surface area contributed by atoms with Crippen LogP contribution in [0.4, 0.5) is 8.78 Å². The summed E-state index contributed by atoms with van der Waals surface area (Å²) in [6.45, 7) is 0.701. The van der Waals surface area contributed by atoms with Crippen molar-refractivity contribution in [2.24, 2.45) is 0 Å². The molecule has 1 fully saturated rings. The molecule has 1 atom stereocenters. The van der Waals surface area contributed by atoms with Gasteiger partial charge in [-0.15, -0.1) is 11.3 Å². The molecule has 0 radical (unpaired) electrons. The quantitative estimate of drug-likeness (QED) is 0.876. The minimum atomic E-state index is -2.74. The first-order chi connectivity index (χ1) is 7.10. The summed E-state index contributed by atoms with van der Waals surface area (Å²) in [6, 6.07) is 2.48. The summed E-state index contributed by atoms with van der Waals surface area (Å²) in [6.07, 6.45) is 2.45. The van der Waals surface area contributed by atoms with Gasteiger partial charge in [0.15, 0.2) is 0 Å². The molecule has 1 nitrogen and oxygen atoms in total. The van der Waals surface area contributed by atoms with Crippen molar-refractivity contribution >= 4 is 27.3 Å². The van der Waals surface area contributed by atoms with E-state index in [1.165, 1.54) is 6.07 Å². The lowest BCUT2D eigenvalue weighted by atomic mass is 9.98. The Bertz CT molecular complexity index is 334. The summed E-state index contributed by atoms with van der Waals surface area (Å²) in [4.78, 5) is 0.147. The first-order valence-corrected chi connectivity index (χ1v) is 6.58. The predicted molar refractivity (Wildman–Crippen MR) is 61.6 cm³/mol. The molecular weight excluding hydrogens is 284 g/mol. The van der Waals surface area contributed by atoms with Crippen LogP contribution in [-0.4, -0.2) is 12.6 Å². The molecule has 1 N–H and O–H groups in total. The molecule has 2 rings (SSSR count). The molecule has 1 aromatic rings. The highest BCUT2D eigenvalue weighted by Crippen LogP contribution is 2.40. The molecule has 0 saturated carbocycles. The molecule has 0 aliphatic carbocycles. The van der Waals surface area contributed by atoms with Gasteiger partial charge in [0.2, 0.25) is 0 Å². The lowest BCUT2D eigenvalue weighted by molar-refractivity contribution is -0.0478. The Morgan fingerprint density at radius 1 is 1.40 bits per heavy atom. The summed E-state index contributed by atoms with van der Waals surface area (Å²) in [7, 11) is 0. The number of hydrogen-bond acceptors (Lipinski definition) is 2. The number of halogens is 3. The minimum Gasteiger partial charge on any atom is -0.308 e. The maximum atomic E-state index is 14.0. The predicted octanol–water partition coefficient (Wildman–Crippen LogP) is 3.74. The Morgan fingerprint density at radius 3 is 2.73 bits per heavy atom. The highest BCUT2D eigenvalue weighted by molar-refractivity contribution is 9.11. The van der Waals surface area contributed by atoms with Crippen LogP contribution in [0.3, 0.4) is 0 Å². The second-order valence-electron chi connectivity index (χ2n) is 3.73. The Labute approximate surface area is 100 Å². The van der Waals surface area contributed by atoms with Gasteiger partial charge in [-0.3, -0.25) is 0 Å². The van der Waals surface area contributed by atoms with Gasteiger partial charge >= 0.3 is 0 Å². The van der Waals surface area contributed by atoms with Crippen molar-refractivity contribution < 1.29 is 8.78 Å². The summed E-state index contributed by atoms with van der Waals surface area (Å²) < 4.78 is 28.7. The van der Waals surface area contributed by atoms with Crippen LogP contribution in [0, 0.1) is 0 Å². The second-order valence-corrected chi connectivity index (χ2v) is 6.19. The Kier molecular flexibility index (Phi) is 3.42. The second kappa shape index (κ2) is 4.47. The average Bonchev–Trinajstić information content (AvgIpc) is 2.67. The molecule has 0 aromatic carbocycles. The number of piperidine rings is 1. The summed E-state index contributed by atoms with van der Waals surface area (Å²) in [5, 5.41) is 2.91. The molecule has 84 valence electrons. The van der Waals surface area contributed by atoms with Gasteiger partial charge in [-0.25, -0.2) is 0 Å². The highest BCUT2D eigenvalue weighted by atomic mass is 79.9. The van der Waals surface area contributed by atoms with E-state index in [2.05, 4.69) is 21.2 Å². The van der Waals surface area contributed by atoms with Gasteiger partial charge in [0, 0.05) is 0 Å². The fraction of sp³-hybridized carbons (Fsp3) is 0.600. The van der Waals surface area contributed by atoms with Crippen molar-refractivity contribution in [2.45, 2.75) is 31.2 Å². The van der Waals surface area contributed by atoms with Crippen LogP contribution in [0.15, 0.2) is 15.9 Å². The average molecular weight is 296 g/mol. The van der Waals surface area contributed by atoms with Crippen LogP contribution < -0.4 is 5.32 Å². The Morgan fingerprint density at radius 2 is 2.20 bits per heavy atom.